The average molecular weight is 377 g/mol. The fourth-order valence-corrected chi connectivity index (χ4v) is 3.66. The molecule has 0 bridgehead atoms. The van der Waals surface area contributed by atoms with Gasteiger partial charge in [-0.1, -0.05) is 34.1 Å². The van der Waals surface area contributed by atoms with E-state index in [-0.39, 0.29) is 11.1 Å². The van der Waals surface area contributed by atoms with E-state index in [0.717, 1.165) is 25.9 Å². The van der Waals surface area contributed by atoms with E-state index in [0.29, 0.717) is 18.9 Å². The van der Waals surface area contributed by atoms with Gasteiger partial charge in [-0.05, 0) is 43.8 Å². The maximum atomic E-state index is 9.94. The van der Waals surface area contributed by atoms with Crippen LogP contribution in [0, 0.1) is 5.92 Å². The smallest absolute Gasteiger partial charge is 0.191 e. The van der Waals surface area contributed by atoms with Crippen LogP contribution in [0.2, 0.25) is 18.1 Å². The van der Waals surface area contributed by atoms with Crippen molar-refractivity contribution in [2.45, 2.75) is 103 Å². The normalized spacial score (nSPS) is 29.6. The van der Waals surface area contributed by atoms with E-state index in [1.165, 1.54) is 0 Å². The van der Waals surface area contributed by atoms with Gasteiger partial charge in [0, 0.05) is 13.0 Å². The van der Waals surface area contributed by atoms with Gasteiger partial charge in [0.15, 0.2) is 14.6 Å². The third-order valence-electron chi connectivity index (χ3n) is 5.59. The van der Waals surface area contributed by atoms with Gasteiger partial charge in [-0.25, -0.2) is 0 Å². The number of aliphatic hydroxyl groups is 2. The van der Waals surface area contributed by atoms with Gasteiger partial charge in [0.2, 0.25) is 0 Å². The number of ether oxygens (including phenoxy) is 2. The first-order valence-electron chi connectivity index (χ1n) is 9.71. The van der Waals surface area contributed by atoms with E-state index in [4.69, 9.17) is 13.9 Å². The lowest BCUT2D eigenvalue weighted by Crippen LogP contribution is -2.47. The van der Waals surface area contributed by atoms with Crippen molar-refractivity contribution in [1.82, 2.24) is 0 Å². The number of hydrogen-bond donors (Lipinski definition) is 2. The standard InChI is InChI=1S/C19H40O5Si/c1-14(10-8-9-11-23-25(6,7)19(3,4)5)13-22-18-17(21)12-16(20)15(2)24-18/h14-18,20-21H,8-13H2,1-7H3/t14-,15+,16-,17-,18-/m1/s1. The molecule has 0 aliphatic carbocycles. The molecule has 1 aliphatic rings. The summed E-state index contributed by atoms with van der Waals surface area (Å²) in [5.74, 6) is 0.408. The second-order valence-corrected chi connectivity index (χ2v) is 13.9. The minimum absolute atomic E-state index is 0.264. The third-order valence-corrected chi connectivity index (χ3v) is 10.1. The summed E-state index contributed by atoms with van der Waals surface area (Å²) in [7, 11) is -1.63. The Balaban J connectivity index is 2.16. The molecule has 0 unspecified atom stereocenters. The van der Waals surface area contributed by atoms with Crippen LogP contribution in [0.4, 0.5) is 0 Å². The predicted molar refractivity (Wildman–Crippen MR) is 103 cm³/mol. The highest BCUT2D eigenvalue weighted by Crippen LogP contribution is 2.36. The van der Waals surface area contributed by atoms with Crippen molar-refractivity contribution in [1.29, 1.82) is 0 Å². The van der Waals surface area contributed by atoms with Crippen molar-refractivity contribution in [3.05, 3.63) is 0 Å². The summed E-state index contributed by atoms with van der Waals surface area (Å²) in [5.41, 5.74) is 0. The van der Waals surface area contributed by atoms with Crippen LogP contribution in [-0.4, -0.2) is 56.3 Å². The first kappa shape index (κ1) is 23.1. The largest absolute Gasteiger partial charge is 0.417 e. The number of unbranched alkanes of at least 4 members (excludes halogenated alkanes) is 1. The zero-order valence-electron chi connectivity index (χ0n) is 17.2. The van der Waals surface area contributed by atoms with Gasteiger partial charge in [-0.3, -0.25) is 0 Å². The third kappa shape index (κ3) is 7.65. The predicted octanol–water partition coefficient (Wildman–Crippen LogP) is 3.69. The SMILES string of the molecule is C[C@H](CCCCO[Si](C)(C)C(C)(C)C)CO[C@@H]1O[C@@H](C)[C@H](O)C[C@H]1O. The molecule has 1 heterocycles. The van der Waals surface area contributed by atoms with E-state index in [1.54, 1.807) is 6.92 Å². The molecule has 0 spiro atoms. The van der Waals surface area contributed by atoms with E-state index >= 15 is 0 Å². The molecule has 5 atom stereocenters. The van der Waals surface area contributed by atoms with Crippen LogP contribution in [-0.2, 0) is 13.9 Å². The summed E-state index contributed by atoms with van der Waals surface area (Å²) >= 11 is 0. The molecular formula is C19H40O5Si. The molecule has 1 aliphatic heterocycles. The van der Waals surface area contributed by atoms with Crippen LogP contribution in [0.15, 0.2) is 0 Å². The molecule has 6 heteroatoms. The summed E-state index contributed by atoms with van der Waals surface area (Å²) < 4.78 is 17.5. The van der Waals surface area contributed by atoms with E-state index in [1.807, 2.05) is 0 Å². The van der Waals surface area contributed by atoms with Crippen LogP contribution in [0.3, 0.4) is 0 Å². The molecule has 0 amide bonds. The summed E-state index contributed by atoms with van der Waals surface area (Å²) in [4.78, 5) is 0. The van der Waals surface area contributed by atoms with E-state index in [9.17, 15) is 10.2 Å². The van der Waals surface area contributed by atoms with Crippen molar-refractivity contribution in [3.63, 3.8) is 0 Å². The Labute approximate surface area is 155 Å². The summed E-state index contributed by atoms with van der Waals surface area (Å²) in [6, 6.07) is 0. The quantitative estimate of drug-likeness (QED) is 0.474. The van der Waals surface area contributed by atoms with Gasteiger partial charge in [0.1, 0.15) is 6.10 Å². The Kier molecular flexibility index (Phi) is 9.05. The van der Waals surface area contributed by atoms with Crippen molar-refractivity contribution in [2.75, 3.05) is 13.2 Å². The molecule has 1 saturated heterocycles. The van der Waals surface area contributed by atoms with Crippen molar-refractivity contribution >= 4 is 8.32 Å². The Hall–Kier alpha value is 0.0169. The Morgan fingerprint density at radius 1 is 1.16 bits per heavy atom. The number of rotatable bonds is 9. The van der Waals surface area contributed by atoms with Gasteiger partial charge >= 0.3 is 0 Å². The van der Waals surface area contributed by atoms with Crippen LogP contribution >= 0.6 is 0 Å². The number of aliphatic hydroxyl groups excluding tert-OH is 2. The lowest BCUT2D eigenvalue weighted by molar-refractivity contribution is -0.263. The molecule has 0 aromatic heterocycles. The lowest BCUT2D eigenvalue weighted by atomic mass is 10.0. The molecule has 25 heavy (non-hydrogen) atoms. The summed E-state index contributed by atoms with van der Waals surface area (Å²) in [6.07, 6.45) is 1.28. The molecule has 1 fully saturated rings. The molecule has 0 aromatic carbocycles. The molecule has 2 N–H and O–H groups in total. The maximum absolute atomic E-state index is 9.94. The van der Waals surface area contributed by atoms with Gasteiger partial charge in [-0.15, -0.1) is 0 Å². The monoisotopic (exact) mass is 376 g/mol. The Bertz CT molecular complexity index is 383. The van der Waals surface area contributed by atoms with Gasteiger partial charge < -0.3 is 24.1 Å². The second-order valence-electron chi connectivity index (χ2n) is 9.12. The highest BCUT2D eigenvalue weighted by molar-refractivity contribution is 6.74. The van der Waals surface area contributed by atoms with Gasteiger partial charge in [0.05, 0.1) is 18.8 Å². The average Bonchev–Trinajstić information content (AvgIpc) is 2.48. The first-order chi connectivity index (χ1) is 11.4. The zero-order valence-corrected chi connectivity index (χ0v) is 18.2. The fraction of sp³-hybridized carbons (Fsp3) is 1.00. The molecule has 1 rings (SSSR count). The summed E-state index contributed by atoms with van der Waals surface area (Å²) in [5, 5.41) is 19.9. The van der Waals surface area contributed by atoms with E-state index < -0.39 is 26.8 Å². The Morgan fingerprint density at radius 2 is 1.80 bits per heavy atom. The molecule has 5 nitrogen and oxygen atoms in total. The maximum Gasteiger partial charge on any atom is 0.191 e. The zero-order chi connectivity index (χ0) is 19.3. The highest BCUT2D eigenvalue weighted by atomic mass is 28.4. The summed E-state index contributed by atoms with van der Waals surface area (Å²) in [6.45, 7) is 16.7. The van der Waals surface area contributed by atoms with E-state index in [2.05, 4.69) is 40.8 Å². The number of hydrogen-bond acceptors (Lipinski definition) is 5. The molecular weight excluding hydrogens is 336 g/mol. The molecule has 0 radical (unpaired) electrons. The fourth-order valence-electron chi connectivity index (χ4n) is 2.57. The van der Waals surface area contributed by atoms with Crippen LogP contribution in [0.5, 0.6) is 0 Å². The second kappa shape index (κ2) is 9.81. The first-order valence-corrected chi connectivity index (χ1v) is 12.6. The minimum Gasteiger partial charge on any atom is -0.417 e. The van der Waals surface area contributed by atoms with Crippen molar-refractivity contribution in [2.24, 2.45) is 5.92 Å². The van der Waals surface area contributed by atoms with Crippen molar-refractivity contribution in [3.8, 4) is 0 Å². The minimum atomic E-state index is -1.63. The van der Waals surface area contributed by atoms with Crippen LogP contribution in [0.25, 0.3) is 0 Å². The molecule has 0 saturated carbocycles. The van der Waals surface area contributed by atoms with Crippen LogP contribution < -0.4 is 0 Å². The topological polar surface area (TPSA) is 68.2 Å². The Morgan fingerprint density at radius 3 is 2.40 bits per heavy atom. The van der Waals surface area contributed by atoms with Gasteiger partial charge in [0.25, 0.3) is 0 Å². The van der Waals surface area contributed by atoms with Crippen LogP contribution in [0.1, 0.15) is 60.3 Å². The molecule has 150 valence electrons. The highest BCUT2D eigenvalue weighted by Gasteiger charge is 2.37. The lowest BCUT2D eigenvalue weighted by Gasteiger charge is -2.36. The van der Waals surface area contributed by atoms with Crippen molar-refractivity contribution < 1.29 is 24.1 Å². The van der Waals surface area contributed by atoms with Gasteiger partial charge in [-0.2, -0.15) is 0 Å². The molecule has 0 aromatic rings.